The molecule has 0 aromatic carbocycles. The predicted molar refractivity (Wildman–Crippen MR) is 88.6 cm³/mol. The van der Waals surface area contributed by atoms with Crippen LogP contribution >= 0.6 is 0 Å². The molecule has 1 amide bonds. The van der Waals surface area contributed by atoms with Gasteiger partial charge in [0.1, 0.15) is 0 Å². The van der Waals surface area contributed by atoms with Crippen LogP contribution in [0.4, 0.5) is 0 Å². The fourth-order valence-electron chi connectivity index (χ4n) is 3.40. The summed E-state index contributed by atoms with van der Waals surface area (Å²) in [6.07, 6.45) is 2.89. The second-order valence-electron chi connectivity index (χ2n) is 6.74. The molecule has 0 aliphatic carbocycles. The highest BCUT2D eigenvalue weighted by atomic mass is 32.2. The van der Waals surface area contributed by atoms with E-state index in [0.717, 1.165) is 19.6 Å². The first-order chi connectivity index (χ1) is 10.8. The van der Waals surface area contributed by atoms with Gasteiger partial charge in [-0.2, -0.15) is 0 Å². The molecule has 0 unspecified atom stereocenters. The van der Waals surface area contributed by atoms with Gasteiger partial charge in [-0.1, -0.05) is 0 Å². The van der Waals surface area contributed by atoms with Crippen LogP contribution in [0.25, 0.3) is 0 Å². The number of nitrogens with one attached hydrogen (secondary N) is 1. The summed E-state index contributed by atoms with van der Waals surface area (Å²) >= 11 is 0. The van der Waals surface area contributed by atoms with Crippen molar-refractivity contribution in [3.63, 3.8) is 0 Å². The van der Waals surface area contributed by atoms with Crippen molar-refractivity contribution < 1.29 is 17.9 Å². The number of carbonyl (C=O) groups is 1. The molecule has 1 N–H and O–H groups in total. The molecule has 7 nitrogen and oxygen atoms in total. The molecule has 2 saturated heterocycles. The van der Waals surface area contributed by atoms with E-state index in [-0.39, 0.29) is 24.0 Å². The zero-order valence-corrected chi connectivity index (χ0v) is 15.1. The lowest BCUT2D eigenvalue weighted by molar-refractivity contribution is -0.126. The Morgan fingerprint density at radius 1 is 1.17 bits per heavy atom. The van der Waals surface area contributed by atoms with E-state index < -0.39 is 10.0 Å². The molecule has 0 spiro atoms. The molecule has 2 heterocycles. The largest absolute Gasteiger partial charge is 0.373 e. The highest BCUT2D eigenvalue weighted by Crippen LogP contribution is 2.19. The first kappa shape index (κ1) is 18.6. The maximum Gasteiger partial charge on any atom is 0.223 e. The zero-order valence-electron chi connectivity index (χ0n) is 14.3. The number of amides is 1. The highest BCUT2D eigenvalue weighted by Gasteiger charge is 2.29. The van der Waals surface area contributed by atoms with Crippen molar-refractivity contribution in [3.8, 4) is 0 Å². The molecule has 2 aliphatic heterocycles. The van der Waals surface area contributed by atoms with E-state index in [0.29, 0.717) is 32.5 Å². The van der Waals surface area contributed by atoms with E-state index in [1.165, 1.54) is 10.6 Å². The second kappa shape index (κ2) is 7.92. The number of hydrogen-bond acceptors (Lipinski definition) is 5. The van der Waals surface area contributed by atoms with Crippen LogP contribution in [-0.2, 0) is 19.6 Å². The number of rotatable bonds is 5. The molecule has 23 heavy (non-hydrogen) atoms. The van der Waals surface area contributed by atoms with Gasteiger partial charge in [0.15, 0.2) is 0 Å². The lowest BCUT2D eigenvalue weighted by Crippen LogP contribution is -2.48. The van der Waals surface area contributed by atoms with Gasteiger partial charge in [0, 0.05) is 45.2 Å². The van der Waals surface area contributed by atoms with Crippen molar-refractivity contribution in [1.82, 2.24) is 14.5 Å². The van der Waals surface area contributed by atoms with Crippen molar-refractivity contribution in [2.75, 3.05) is 45.5 Å². The second-order valence-corrected chi connectivity index (χ2v) is 8.73. The van der Waals surface area contributed by atoms with E-state index >= 15 is 0 Å². The van der Waals surface area contributed by atoms with Crippen molar-refractivity contribution in [2.45, 2.75) is 38.9 Å². The lowest BCUT2D eigenvalue weighted by atomic mass is 9.97. The third-order valence-corrected chi connectivity index (χ3v) is 5.82. The monoisotopic (exact) mass is 347 g/mol. The Labute approximate surface area is 139 Å². The standard InChI is InChI=1S/C15H29N3O4S/c1-12-10-17(11-13(2)22-12)9-6-16-15(19)14-4-7-18(8-5-14)23(3,20)21/h12-14H,4-11H2,1-3H3,(H,16,19)/t12-,13-/m0/s1. The molecule has 0 saturated carbocycles. The fourth-order valence-corrected chi connectivity index (χ4v) is 4.27. The Bertz CT molecular complexity index is 493. The molecule has 2 rings (SSSR count). The van der Waals surface area contributed by atoms with Crippen LogP contribution in [0.3, 0.4) is 0 Å². The van der Waals surface area contributed by atoms with E-state index in [2.05, 4.69) is 24.1 Å². The number of carbonyl (C=O) groups excluding carboxylic acids is 1. The Kier molecular flexibility index (Phi) is 6.41. The number of ether oxygens (including phenoxy) is 1. The van der Waals surface area contributed by atoms with Crippen LogP contribution in [0.1, 0.15) is 26.7 Å². The minimum atomic E-state index is -3.13. The molecular formula is C15H29N3O4S. The summed E-state index contributed by atoms with van der Waals surface area (Å²) in [5, 5.41) is 2.99. The van der Waals surface area contributed by atoms with Gasteiger partial charge in [-0.05, 0) is 26.7 Å². The van der Waals surface area contributed by atoms with Gasteiger partial charge < -0.3 is 10.1 Å². The summed E-state index contributed by atoms with van der Waals surface area (Å²) < 4.78 is 30.1. The molecular weight excluding hydrogens is 318 g/mol. The topological polar surface area (TPSA) is 79.0 Å². The summed E-state index contributed by atoms with van der Waals surface area (Å²) in [6, 6.07) is 0. The Balaban J connectivity index is 1.68. The highest BCUT2D eigenvalue weighted by molar-refractivity contribution is 7.88. The van der Waals surface area contributed by atoms with E-state index in [4.69, 9.17) is 4.74 Å². The SMILES string of the molecule is C[C@H]1CN(CCNC(=O)C2CCN(S(C)(=O)=O)CC2)C[C@H](C)O1. The van der Waals surface area contributed by atoms with Gasteiger partial charge in [-0.25, -0.2) is 12.7 Å². The third kappa shape index (κ3) is 5.70. The average molecular weight is 347 g/mol. The molecule has 0 aromatic heterocycles. The summed E-state index contributed by atoms with van der Waals surface area (Å²) in [7, 11) is -3.13. The maximum absolute atomic E-state index is 12.2. The van der Waals surface area contributed by atoms with E-state index in [1.54, 1.807) is 0 Å². The Morgan fingerprint density at radius 3 is 2.26 bits per heavy atom. The number of sulfonamides is 1. The van der Waals surface area contributed by atoms with Gasteiger partial charge in [0.05, 0.1) is 18.5 Å². The zero-order chi connectivity index (χ0) is 17.0. The van der Waals surface area contributed by atoms with Crippen molar-refractivity contribution in [1.29, 1.82) is 0 Å². The quantitative estimate of drug-likeness (QED) is 0.750. The third-order valence-electron chi connectivity index (χ3n) is 4.52. The molecule has 0 aromatic rings. The Hall–Kier alpha value is -0.700. The number of hydrogen-bond donors (Lipinski definition) is 1. The van der Waals surface area contributed by atoms with Gasteiger partial charge in [0.2, 0.25) is 15.9 Å². The number of piperidine rings is 1. The van der Waals surface area contributed by atoms with Crippen molar-refractivity contribution in [2.24, 2.45) is 5.92 Å². The van der Waals surface area contributed by atoms with Gasteiger partial charge in [-0.15, -0.1) is 0 Å². The normalized spacial score (nSPS) is 28.7. The molecule has 0 bridgehead atoms. The summed E-state index contributed by atoms with van der Waals surface area (Å²) in [5.74, 6) is -0.0250. The van der Waals surface area contributed by atoms with Gasteiger partial charge in [-0.3, -0.25) is 9.69 Å². The molecule has 2 fully saturated rings. The fraction of sp³-hybridized carbons (Fsp3) is 0.933. The van der Waals surface area contributed by atoms with Crippen LogP contribution in [0, 0.1) is 5.92 Å². The molecule has 0 radical (unpaired) electrons. The van der Waals surface area contributed by atoms with Crippen LogP contribution in [0.15, 0.2) is 0 Å². The summed E-state index contributed by atoms with van der Waals surface area (Å²) in [5.41, 5.74) is 0. The van der Waals surface area contributed by atoms with Crippen LogP contribution in [-0.4, -0.2) is 81.3 Å². The Morgan fingerprint density at radius 2 is 1.74 bits per heavy atom. The number of morpholine rings is 1. The van der Waals surface area contributed by atoms with E-state index in [9.17, 15) is 13.2 Å². The van der Waals surface area contributed by atoms with Crippen molar-refractivity contribution >= 4 is 15.9 Å². The minimum absolute atomic E-state index is 0.0486. The predicted octanol–water partition coefficient (Wildman–Crippen LogP) is -0.117. The molecule has 8 heteroatoms. The first-order valence-corrected chi connectivity index (χ1v) is 10.2. The molecule has 2 atom stereocenters. The van der Waals surface area contributed by atoms with Crippen LogP contribution in [0.2, 0.25) is 0 Å². The van der Waals surface area contributed by atoms with Gasteiger partial charge in [0.25, 0.3) is 0 Å². The summed E-state index contributed by atoms with van der Waals surface area (Å²) in [6.45, 7) is 8.26. The number of nitrogens with zero attached hydrogens (tertiary/aromatic N) is 2. The summed E-state index contributed by atoms with van der Waals surface area (Å²) in [4.78, 5) is 14.5. The van der Waals surface area contributed by atoms with Crippen LogP contribution in [0.5, 0.6) is 0 Å². The maximum atomic E-state index is 12.2. The van der Waals surface area contributed by atoms with E-state index in [1.807, 2.05) is 0 Å². The first-order valence-electron chi connectivity index (χ1n) is 8.36. The van der Waals surface area contributed by atoms with Gasteiger partial charge >= 0.3 is 0 Å². The average Bonchev–Trinajstić information content (AvgIpc) is 2.45. The van der Waals surface area contributed by atoms with Crippen molar-refractivity contribution in [3.05, 3.63) is 0 Å². The lowest BCUT2D eigenvalue weighted by Gasteiger charge is -2.35. The smallest absolute Gasteiger partial charge is 0.223 e. The molecule has 134 valence electrons. The van der Waals surface area contributed by atoms with Crippen LogP contribution < -0.4 is 5.32 Å². The minimum Gasteiger partial charge on any atom is -0.373 e. The molecule has 2 aliphatic rings.